The molecular weight excluding hydrogens is 505 g/mol. The molecule has 11 heteroatoms. The zero-order valence-corrected chi connectivity index (χ0v) is 18.9. The van der Waals surface area contributed by atoms with Crippen molar-refractivity contribution in [1.82, 2.24) is 9.55 Å². The van der Waals surface area contributed by atoms with Gasteiger partial charge in [0.2, 0.25) is 0 Å². The maximum absolute atomic E-state index is 13.6. The molecule has 6 nitrogen and oxygen atoms in total. The Morgan fingerprint density at radius 2 is 1.77 bits per heavy atom. The summed E-state index contributed by atoms with van der Waals surface area (Å²) in [6.45, 7) is 0. The third-order valence-electron chi connectivity index (χ3n) is 5.18. The highest BCUT2D eigenvalue weighted by molar-refractivity contribution is 7.99. The summed E-state index contributed by atoms with van der Waals surface area (Å²) in [4.78, 5) is 30.8. The first-order valence-electron chi connectivity index (χ1n) is 9.95. The van der Waals surface area contributed by atoms with Gasteiger partial charge in [0.15, 0.2) is 17.0 Å². The van der Waals surface area contributed by atoms with Crippen molar-refractivity contribution in [2.45, 2.75) is 16.0 Å². The molecule has 2 aromatic carbocycles. The number of hydrogen-bond donors (Lipinski definition) is 1. The molecule has 176 valence electrons. The standard InChI is InChI=1S/C24H12ClF3N2O4S/c25-13-6-8-15(9-7-13)35-20-18(31)17-19(34-23(20)33)16-5-2-10-29-21(16)30(22(17)32)14-4-1-3-12(11-14)24(26,27)28/h1-11,31H. The molecule has 0 fully saturated rings. The Bertz CT molecular complexity index is 1730. The lowest BCUT2D eigenvalue weighted by molar-refractivity contribution is -0.137. The van der Waals surface area contributed by atoms with Crippen LogP contribution in [0.3, 0.4) is 0 Å². The van der Waals surface area contributed by atoms with E-state index in [-0.39, 0.29) is 32.6 Å². The van der Waals surface area contributed by atoms with E-state index in [1.807, 2.05) is 0 Å². The summed E-state index contributed by atoms with van der Waals surface area (Å²) in [5.74, 6) is -0.646. The second-order valence-electron chi connectivity index (χ2n) is 7.39. The van der Waals surface area contributed by atoms with E-state index in [9.17, 15) is 27.9 Å². The predicted octanol–water partition coefficient (Wildman–Crippen LogP) is 6.02. The zero-order chi connectivity index (χ0) is 24.9. The van der Waals surface area contributed by atoms with Gasteiger partial charge in [0, 0.05) is 16.1 Å². The highest BCUT2D eigenvalue weighted by atomic mass is 35.5. The van der Waals surface area contributed by atoms with Crippen molar-refractivity contribution in [2.75, 3.05) is 0 Å². The van der Waals surface area contributed by atoms with Crippen LogP contribution in [-0.2, 0) is 6.18 Å². The minimum atomic E-state index is -4.64. The van der Waals surface area contributed by atoms with E-state index in [1.165, 1.54) is 24.4 Å². The quantitative estimate of drug-likeness (QED) is 0.295. The Labute approximate surface area is 203 Å². The number of pyridine rings is 2. The molecule has 0 aliphatic heterocycles. The zero-order valence-electron chi connectivity index (χ0n) is 17.3. The summed E-state index contributed by atoms with van der Waals surface area (Å²) in [6, 6.07) is 13.6. The van der Waals surface area contributed by atoms with Crippen LogP contribution in [0.4, 0.5) is 13.2 Å². The summed E-state index contributed by atoms with van der Waals surface area (Å²) in [5.41, 5.74) is -3.13. The van der Waals surface area contributed by atoms with Crippen molar-refractivity contribution in [1.29, 1.82) is 0 Å². The molecule has 3 heterocycles. The Kier molecular flexibility index (Phi) is 5.57. The first kappa shape index (κ1) is 23.0. The van der Waals surface area contributed by atoms with Crippen LogP contribution < -0.4 is 11.2 Å². The fourth-order valence-corrected chi connectivity index (χ4v) is 4.59. The van der Waals surface area contributed by atoms with E-state index < -0.39 is 28.7 Å². The van der Waals surface area contributed by atoms with Gasteiger partial charge in [-0.25, -0.2) is 9.78 Å². The fraction of sp³-hybridized carbons (Fsp3) is 0.0417. The molecule has 0 radical (unpaired) electrons. The minimum absolute atomic E-state index is 0.0371. The van der Waals surface area contributed by atoms with Crippen LogP contribution in [-0.4, -0.2) is 14.7 Å². The highest BCUT2D eigenvalue weighted by Gasteiger charge is 2.31. The molecule has 0 spiro atoms. The maximum atomic E-state index is 13.6. The molecule has 1 N–H and O–H groups in total. The fourth-order valence-electron chi connectivity index (χ4n) is 3.63. The number of benzene rings is 2. The lowest BCUT2D eigenvalue weighted by Gasteiger charge is -2.14. The van der Waals surface area contributed by atoms with Crippen LogP contribution in [0.2, 0.25) is 5.02 Å². The molecule has 5 rings (SSSR count). The average molecular weight is 517 g/mol. The molecule has 35 heavy (non-hydrogen) atoms. The van der Waals surface area contributed by atoms with Crippen LogP contribution in [0.5, 0.6) is 5.75 Å². The van der Waals surface area contributed by atoms with Gasteiger partial charge < -0.3 is 9.52 Å². The number of hydrogen-bond acceptors (Lipinski definition) is 6. The second-order valence-corrected chi connectivity index (χ2v) is 8.91. The summed E-state index contributed by atoms with van der Waals surface area (Å²) in [7, 11) is 0. The normalized spacial score (nSPS) is 11.9. The smallest absolute Gasteiger partial charge is 0.416 e. The van der Waals surface area contributed by atoms with E-state index in [1.54, 1.807) is 24.3 Å². The van der Waals surface area contributed by atoms with Crippen molar-refractivity contribution in [2.24, 2.45) is 0 Å². The number of nitrogens with zero attached hydrogens (tertiary/aromatic N) is 2. The Morgan fingerprint density at radius 3 is 2.49 bits per heavy atom. The Hall–Kier alpha value is -3.76. The lowest BCUT2D eigenvalue weighted by Crippen LogP contribution is -2.22. The summed E-state index contributed by atoms with van der Waals surface area (Å²) < 4.78 is 46.4. The first-order chi connectivity index (χ1) is 16.6. The molecule has 0 atom stereocenters. The topological polar surface area (TPSA) is 85.3 Å². The number of aromatic hydroxyl groups is 1. The van der Waals surface area contributed by atoms with Crippen LogP contribution in [0.25, 0.3) is 27.7 Å². The summed E-state index contributed by atoms with van der Waals surface area (Å²) >= 11 is 6.75. The van der Waals surface area contributed by atoms with Crippen molar-refractivity contribution in [3.05, 3.63) is 98.2 Å². The molecule has 5 aromatic rings. The van der Waals surface area contributed by atoms with Gasteiger partial charge in [0.25, 0.3) is 5.56 Å². The molecule has 0 aliphatic rings. The third-order valence-corrected chi connectivity index (χ3v) is 6.51. The molecule has 0 amide bonds. The van der Waals surface area contributed by atoms with Gasteiger partial charge in [0.1, 0.15) is 10.3 Å². The Balaban J connectivity index is 1.84. The number of rotatable bonds is 3. The van der Waals surface area contributed by atoms with Crippen molar-refractivity contribution in [3.8, 4) is 11.4 Å². The lowest BCUT2D eigenvalue weighted by atomic mass is 10.1. The van der Waals surface area contributed by atoms with Crippen molar-refractivity contribution in [3.63, 3.8) is 0 Å². The minimum Gasteiger partial charge on any atom is -0.505 e. The van der Waals surface area contributed by atoms with Gasteiger partial charge in [-0.2, -0.15) is 13.2 Å². The van der Waals surface area contributed by atoms with E-state index >= 15 is 0 Å². The molecule has 0 saturated heterocycles. The average Bonchev–Trinajstić information content (AvgIpc) is 2.82. The molecule has 0 unspecified atom stereocenters. The first-order valence-corrected chi connectivity index (χ1v) is 11.1. The number of fused-ring (bicyclic) bond motifs is 3. The van der Waals surface area contributed by atoms with Crippen LogP contribution >= 0.6 is 23.4 Å². The van der Waals surface area contributed by atoms with Gasteiger partial charge in [-0.05, 0) is 54.6 Å². The SMILES string of the molecule is O=c1oc2c(c(O)c1Sc1ccc(Cl)cc1)c(=O)n(-c1cccc(C(F)(F)F)c1)c1ncccc21. The van der Waals surface area contributed by atoms with Crippen LogP contribution in [0, 0.1) is 0 Å². The van der Waals surface area contributed by atoms with Crippen LogP contribution in [0.1, 0.15) is 5.56 Å². The summed E-state index contributed by atoms with van der Waals surface area (Å²) in [5, 5.41) is 11.3. The molecule has 3 aromatic heterocycles. The largest absolute Gasteiger partial charge is 0.505 e. The molecule has 0 saturated carbocycles. The second kappa shape index (κ2) is 8.47. The molecule has 0 aliphatic carbocycles. The third kappa shape index (κ3) is 4.04. The predicted molar refractivity (Wildman–Crippen MR) is 126 cm³/mol. The monoisotopic (exact) mass is 516 g/mol. The number of alkyl halides is 3. The Morgan fingerprint density at radius 1 is 1.03 bits per heavy atom. The van der Waals surface area contributed by atoms with E-state index in [0.29, 0.717) is 9.92 Å². The van der Waals surface area contributed by atoms with Gasteiger partial charge in [0.05, 0.1) is 16.6 Å². The number of halogens is 4. The van der Waals surface area contributed by atoms with Crippen molar-refractivity contribution >= 4 is 45.4 Å². The maximum Gasteiger partial charge on any atom is 0.416 e. The van der Waals surface area contributed by atoms with Gasteiger partial charge in [-0.1, -0.05) is 29.4 Å². The number of aromatic nitrogens is 2. The van der Waals surface area contributed by atoms with E-state index in [0.717, 1.165) is 34.5 Å². The van der Waals surface area contributed by atoms with E-state index in [4.69, 9.17) is 16.0 Å². The van der Waals surface area contributed by atoms with Crippen molar-refractivity contribution < 1.29 is 22.7 Å². The molecular formula is C24H12ClF3N2O4S. The van der Waals surface area contributed by atoms with Gasteiger partial charge >= 0.3 is 11.8 Å². The summed E-state index contributed by atoms with van der Waals surface area (Å²) in [6.07, 6.45) is -3.29. The van der Waals surface area contributed by atoms with E-state index in [2.05, 4.69) is 4.98 Å². The highest BCUT2D eigenvalue weighted by Crippen LogP contribution is 2.38. The van der Waals surface area contributed by atoms with Gasteiger partial charge in [-0.15, -0.1) is 0 Å². The molecule has 0 bridgehead atoms. The van der Waals surface area contributed by atoms with Gasteiger partial charge in [-0.3, -0.25) is 9.36 Å². The van der Waals surface area contributed by atoms with Crippen LogP contribution in [0.15, 0.2) is 90.7 Å².